The largest absolute Gasteiger partial charge is 0.344 e. The number of aromatic nitrogens is 3. The summed E-state index contributed by atoms with van der Waals surface area (Å²) < 4.78 is 0. The Hall–Kier alpha value is -2.95. The second-order valence-electron chi connectivity index (χ2n) is 6.71. The smallest absolute Gasteiger partial charge is 0.253 e. The van der Waals surface area contributed by atoms with E-state index in [1.54, 1.807) is 6.20 Å². The van der Waals surface area contributed by atoms with E-state index in [1.807, 2.05) is 42.3 Å². The van der Waals surface area contributed by atoms with Gasteiger partial charge in [-0.05, 0) is 44.4 Å². The van der Waals surface area contributed by atoms with Gasteiger partial charge in [0, 0.05) is 36.0 Å². The van der Waals surface area contributed by atoms with Crippen LogP contribution in [0, 0.1) is 0 Å². The molecule has 1 N–H and O–H groups in total. The summed E-state index contributed by atoms with van der Waals surface area (Å²) in [6.45, 7) is 5.78. The molecule has 1 fully saturated rings. The van der Waals surface area contributed by atoms with Crippen LogP contribution in [0.1, 0.15) is 42.6 Å². The van der Waals surface area contributed by atoms with Crippen molar-refractivity contribution in [1.29, 1.82) is 0 Å². The van der Waals surface area contributed by atoms with Crippen molar-refractivity contribution in [2.45, 2.75) is 26.7 Å². The van der Waals surface area contributed by atoms with Crippen molar-refractivity contribution in [2.24, 2.45) is 0 Å². The Bertz CT molecular complexity index is 996. The number of rotatable bonds is 3. The molecule has 0 bridgehead atoms. The number of nitrogens with zero attached hydrogens (tertiary/aromatic N) is 3. The summed E-state index contributed by atoms with van der Waals surface area (Å²) in [4.78, 5) is 27.1. The lowest BCUT2D eigenvalue weighted by Gasteiger charge is -2.15. The maximum atomic E-state index is 12.7. The monoisotopic (exact) mass is 346 g/mol. The van der Waals surface area contributed by atoms with Gasteiger partial charge in [-0.1, -0.05) is 18.2 Å². The third kappa shape index (κ3) is 2.90. The van der Waals surface area contributed by atoms with Gasteiger partial charge in [-0.15, -0.1) is 0 Å². The Morgan fingerprint density at radius 3 is 2.85 bits per heavy atom. The van der Waals surface area contributed by atoms with Crippen LogP contribution in [0.3, 0.4) is 0 Å². The highest BCUT2D eigenvalue weighted by molar-refractivity contribution is 5.95. The lowest BCUT2D eigenvalue weighted by atomic mass is 10.1. The first-order valence-electron chi connectivity index (χ1n) is 9.04. The number of nitrogens with one attached hydrogen (secondary N) is 1. The maximum absolute atomic E-state index is 12.7. The minimum Gasteiger partial charge on any atom is -0.344 e. The molecular formula is C21H22N4O. The molecule has 26 heavy (non-hydrogen) atoms. The van der Waals surface area contributed by atoms with E-state index in [9.17, 15) is 4.79 Å². The summed E-state index contributed by atoms with van der Waals surface area (Å²) in [5.41, 5.74) is 6.24. The van der Waals surface area contributed by atoms with Gasteiger partial charge >= 0.3 is 0 Å². The summed E-state index contributed by atoms with van der Waals surface area (Å²) in [6, 6.07) is 7.69. The van der Waals surface area contributed by atoms with Crippen LogP contribution in [0.25, 0.3) is 28.0 Å². The van der Waals surface area contributed by atoms with Gasteiger partial charge < -0.3 is 9.88 Å². The third-order valence-electron chi connectivity index (χ3n) is 5.04. The van der Waals surface area contributed by atoms with Gasteiger partial charge in [0.15, 0.2) is 5.65 Å². The van der Waals surface area contributed by atoms with Crippen LogP contribution in [-0.2, 0) is 0 Å². The minimum atomic E-state index is 0.102. The Morgan fingerprint density at radius 2 is 2.08 bits per heavy atom. The van der Waals surface area contributed by atoms with Crippen molar-refractivity contribution in [2.75, 3.05) is 13.1 Å². The summed E-state index contributed by atoms with van der Waals surface area (Å²) in [7, 11) is 0. The molecule has 3 heterocycles. The molecule has 0 aliphatic carbocycles. The highest BCUT2D eigenvalue weighted by Gasteiger charge is 2.20. The highest BCUT2D eigenvalue weighted by atomic mass is 16.2. The normalized spacial score (nSPS) is 15.0. The van der Waals surface area contributed by atoms with E-state index in [1.165, 1.54) is 0 Å². The Kier molecular flexibility index (Phi) is 4.29. The lowest BCUT2D eigenvalue weighted by molar-refractivity contribution is 0.0793. The van der Waals surface area contributed by atoms with E-state index in [-0.39, 0.29) is 5.91 Å². The number of H-pyrrole nitrogens is 1. The van der Waals surface area contributed by atoms with Crippen molar-refractivity contribution in [3.05, 3.63) is 53.9 Å². The molecule has 1 aliphatic rings. The van der Waals surface area contributed by atoms with Gasteiger partial charge in [0.25, 0.3) is 5.91 Å². The number of hydrogen-bond acceptors (Lipinski definition) is 3. The van der Waals surface area contributed by atoms with E-state index >= 15 is 0 Å². The van der Waals surface area contributed by atoms with Gasteiger partial charge in [0.1, 0.15) is 5.52 Å². The summed E-state index contributed by atoms with van der Waals surface area (Å²) in [6.07, 6.45) is 7.94. The molecule has 0 saturated carbocycles. The molecule has 3 aromatic rings. The zero-order chi connectivity index (χ0) is 18.1. The van der Waals surface area contributed by atoms with Gasteiger partial charge in [-0.2, -0.15) is 0 Å². The quantitative estimate of drug-likeness (QED) is 0.770. The first-order chi connectivity index (χ1) is 12.7. The second kappa shape index (κ2) is 6.75. The fourth-order valence-electron chi connectivity index (χ4n) is 3.40. The summed E-state index contributed by atoms with van der Waals surface area (Å²) in [5, 5.41) is 0. The molecule has 0 spiro atoms. The topological polar surface area (TPSA) is 61.9 Å². The van der Waals surface area contributed by atoms with Crippen LogP contribution in [0.4, 0.5) is 0 Å². The van der Waals surface area contributed by atoms with Crippen LogP contribution in [-0.4, -0.2) is 38.8 Å². The second-order valence-corrected chi connectivity index (χ2v) is 6.71. The average Bonchev–Trinajstić information content (AvgIpc) is 3.36. The van der Waals surface area contributed by atoms with Crippen LogP contribution in [0.15, 0.2) is 42.7 Å². The fourth-order valence-corrected chi connectivity index (χ4v) is 3.40. The molecule has 1 amide bonds. The number of fused-ring (bicyclic) bond motifs is 1. The van der Waals surface area contributed by atoms with E-state index in [0.717, 1.165) is 59.5 Å². The third-order valence-corrected chi connectivity index (χ3v) is 5.04. The van der Waals surface area contributed by atoms with Crippen LogP contribution < -0.4 is 0 Å². The Morgan fingerprint density at radius 1 is 1.27 bits per heavy atom. The Labute approximate surface area is 152 Å². The van der Waals surface area contributed by atoms with Crippen LogP contribution in [0.5, 0.6) is 0 Å². The fraction of sp³-hybridized carbons (Fsp3) is 0.286. The summed E-state index contributed by atoms with van der Waals surface area (Å²) in [5.74, 6) is 0.102. The van der Waals surface area contributed by atoms with E-state index in [4.69, 9.17) is 4.98 Å². The van der Waals surface area contributed by atoms with Crippen molar-refractivity contribution < 1.29 is 4.79 Å². The number of amides is 1. The van der Waals surface area contributed by atoms with E-state index in [2.05, 4.69) is 23.0 Å². The van der Waals surface area contributed by atoms with Crippen LogP contribution >= 0.6 is 0 Å². The number of benzene rings is 1. The molecule has 1 saturated heterocycles. The first-order valence-corrected chi connectivity index (χ1v) is 9.04. The molecule has 2 aromatic heterocycles. The van der Waals surface area contributed by atoms with Gasteiger partial charge in [-0.3, -0.25) is 4.79 Å². The van der Waals surface area contributed by atoms with Gasteiger partial charge in [0.2, 0.25) is 0 Å². The molecule has 132 valence electrons. The number of allylic oxidation sites excluding steroid dienone is 2. The standard InChI is InChI=1S/C21H22N4O/c1-3-14(2)17-12-22-20-19(17)24-18(13-23-20)15-7-6-8-16(11-15)21(26)25-9-4-5-10-25/h3,6-8,11-13H,4-5,9-10H2,1-2H3,(H,22,23)/b14-3+. The number of aromatic amines is 1. The number of carbonyl (C=O) groups excluding carboxylic acids is 1. The summed E-state index contributed by atoms with van der Waals surface area (Å²) >= 11 is 0. The van der Waals surface area contributed by atoms with Crippen LogP contribution in [0.2, 0.25) is 0 Å². The number of hydrogen-bond donors (Lipinski definition) is 1. The molecule has 0 atom stereocenters. The highest BCUT2D eigenvalue weighted by Crippen LogP contribution is 2.26. The van der Waals surface area contributed by atoms with Crippen molar-refractivity contribution in [1.82, 2.24) is 19.9 Å². The number of carbonyl (C=O) groups is 1. The molecule has 4 rings (SSSR count). The molecule has 1 aromatic carbocycles. The predicted molar refractivity (Wildman–Crippen MR) is 104 cm³/mol. The maximum Gasteiger partial charge on any atom is 0.253 e. The first kappa shape index (κ1) is 16.5. The SMILES string of the molecule is C/C=C(\C)c1c[nH]c2ncc(-c3cccc(C(=O)N4CCCC4)c3)nc12. The molecule has 5 nitrogen and oxygen atoms in total. The number of likely N-dealkylation sites (tertiary alicyclic amines) is 1. The van der Waals surface area contributed by atoms with E-state index in [0.29, 0.717) is 5.56 Å². The predicted octanol–water partition coefficient (Wildman–Crippen LogP) is 4.28. The molecule has 5 heteroatoms. The van der Waals surface area contributed by atoms with Gasteiger partial charge in [0.05, 0.1) is 11.9 Å². The zero-order valence-corrected chi connectivity index (χ0v) is 15.1. The van der Waals surface area contributed by atoms with E-state index < -0.39 is 0 Å². The van der Waals surface area contributed by atoms with Crippen molar-refractivity contribution in [3.8, 4) is 11.3 Å². The zero-order valence-electron chi connectivity index (χ0n) is 15.1. The minimum absolute atomic E-state index is 0.102. The van der Waals surface area contributed by atoms with Crippen molar-refractivity contribution in [3.63, 3.8) is 0 Å². The van der Waals surface area contributed by atoms with Gasteiger partial charge in [-0.25, -0.2) is 9.97 Å². The molecular weight excluding hydrogens is 324 g/mol. The Balaban J connectivity index is 1.73. The molecule has 1 aliphatic heterocycles. The molecule has 0 radical (unpaired) electrons. The average molecular weight is 346 g/mol. The lowest BCUT2D eigenvalue weighted by Crippen LogP contribution is -2.27. The molecule has 0 unspecified atom stereocenters. The van der Waals surface area contributed by atoms with Crippen molar-refractivity contribution >= 4 is 22.6 Å².